The van der Waals surface area contributed by atoms with Crippen LogP contribution in [0.15, 0.2) is 24.3 Å². The van der Waals surface area contributed by atoms with Gasteiger partial charge < -0.3 is 5.32 Å². The summed E-state index contributed by atoms with van der Waals surface area (Å²) < 4.78 is 0. The molecule has 1 aromatic rings. The average molecular weight is 295 g/mol. The second-order valence-electron chi connectivity index (χ2n) is 2.32. The second kappa shape index (κ2) is 6.49. The highest BCUT2D eigenvalue weighted by Gasteiger charge is 1.95. The Morgan fingerprint density at radius 3 is 2.58 bits per heavy atom. The maximum absolute atomic E-state index is 3.44. The Balaban J connectivity index is 0.00000121. The predicted molar refractivity (Wildman–Crippen MR) is 63.6 cm³/mol. The molecular weight excluding hydrogens is 282 g/mol. The zero-order chi connectivity index (χ0) is 8.10. The van der Waals surface area contributed by atoms with Crippen LogP contribution in [0.5, 0.6) is 0 Å². The number of halogens is 2. The van der Waals surface area contributed by atoms with Crippen LogP contribution < -0.4 is 5.32 Å². The summed E-state index contributed by atoms with van der Waals surface area (Å²) in [4.78, 5) is 0. The largest absolute Gasteiger partial charge is 0.385 e. The van der Waals surface area contributed by atoms with Gasteiger partial charge in [-0.3, -0.25) is 0 Å². The number of anilines is 1. The highest BCUT2D eigenvalue weighted by atomic mass is 79.9. The summed E-state index contributed by atoms with van der Waals surface area (Å²) in [5.74, 6) is 0. The zero-order valence-corrected chi connectivity index (χ0v) is 10.3. The fraction of sp³-hybridized carbons (Fsp3) is 0.333. The molecule has 1 rings (SSSR count). The van der Waals surface area contributed by atoms with E-state index in [1.165, 1.54) is 11.3 Å². The Morgan fingerprint density at radius 1 is 1.33 bits per heavy atom. The van der Waals surface area contributed by atoms with Crippen LogP contribution >= 0.6 is 32.9 Å². The van der Waals surface area contributed by atoms with Crippen LogP contribution in [0.25, 0.3) is 0 Å². The molecule has 0 radical (unpaired) electrons. The first-order valence-corrected chi connectivity index (χ1v) is 4.88. The van der Waals surface area contributed by atoms with Crippen LogP contribution in [-0.4, -0.2) is 6.54 Å². The molecule has 0 spiro atoms. The van der Waals surface area contributed by atoms with E-state index in [4.69, 9.17) is 0 Å². The molecule has 0 saturated heterocycles. The minimum atomic E-state index is 0. The third kappa shape index (κ3) is 3.15. The Hall–Kier alpha value is -0.0200. The first-order chi connectivity index (χ1) is 5.38. The molecule has 1 nitrogen and oxygen atoms in total. The van der Waals surface area contributed by atoms with Gasteiger partial charge in [0.1, 0.15) is 0 Å². The summed E-state index contributed by atoms with van der Waals surface area (Å²) in [5.41, 5.74) is 2.54. The van der Waals surface area contributed by atoms with Crippen molar-refractivity contribution in [2.45, 2.75) is 12.3 Å². The van der Waals surface area contributed by atoms with Crippen molar-refractivity contribution in [1.82, 2.24) is 0 Å². The fourth-order valence-corrected chi connectivity index (χ4v) is 1.49. The third-order valence-electron chi connectivity index (χ3n) is 1.53. The molecule has 3 heteroatoms. The summed E-state index contributed by atoms with van der Waals surface area (Å²) in [6.07, 6.45) is 0. The quantitative estimate of drug-likeness (QED) is 0.840. The van der Waals surface area contributed by atoms with Crippen molar-refractivity contribution in [2.24, 2.45) is 0 Å². The Labute approximate surface area is 92.5 Å². The summed E-state index contributed by atoms with van der Waals surface area (Å²) in [6.45, 7) is 3.08. The molecule has 0 aliphatic carbocycles. The number of para-hydroxylation sites is 1. The van der Waals surface area contributed by atoms with Gasteiger partial charge in [0.2, 0.25) is 0 Å². The number of hydrogen-bond donors (Lipinski definition) is 1. The van der Waals surface area contributed by atoms with Gasteiger partial charge in [-0.2, -0.15) is 0 Å². The summed E-state index contributed by atoms with van der Waals surface area (Å²) in [7, 11) is 0. The van der Waals surface area contributed by atoms with Crippen molar-refractivity contribution in [3.8, 4) is 0 Å². The maximum atomic E-state index is 3.44. The Bertz CT molecular complexity index is 226. The lowest BCUT2D eigenvalue weighted by atomic mass is 10.2. The SMILES string of the molecule is Br.CCNc1ccccc1CBr. The number of rotatable bonds is 3. The molecule has 0 heterocycles. The summed E-state index contributed by atoms with van der Waals surface area (Å²) >= 11 is 3.44. The summed E-state index contributed by atoms with van der Waals surface area (Å²) in [6, 6.07) is 8.31. The molecule has 0 saturated carbocycles. The number of alkyl halides is 1. The van der Waals surface area contributed by atoms with Crippen molar-refractivity contribution >= 4 is 38.6 Å². The first-order valence-electron chi connectivity index (χ1n) is 3.76. The Morgan fingerprint density at radius 2 is 2.00 bits per heavy atom. The van der Waals surface area contributed by atoms with Gasteiger partial charge in [0.15, 0.2) is 0 Å². The van der Waals surface area contributed by atoms with E-state index in [0.717, 1.165) is 11.9 Å². The van der Waals surface area contributed by atoms with Crippen molar-refractivity contribution in [3.63, 3.8) is 0 Å². The van der Waals surface area contributed by atoms with E-state index in [9.17, 15) is 0 Å². The van der Waals surface area contributed by atoms with Crippen molar-refractivity contribution in [3.05, 3.63) is 29.8 Å². The molecule has 0 amide bonds. The molecule has 0 aliphatic heterocycles. The van der Waals surface area contributed by atoms with Crippen LogP contribution in [0.1, 0.15) is 12.5 Å². The van der Waals surface area contributed by atoms with Gasteiger partial charge in [0.05, 0.1) is 0 Å². The monoisotopic (exact) mass is 293 g/mol. The molecule has 0 bridgehead atoms. The van der Waals surface area contributed by atoms with Gasteiger partial charge in [-0.05, 0) is 18.6 Å². The molecule has 1 N–H and O–H groups in total. The van der Waals surface area contributed by atoms with E-state index < -0.39 is 0 Å². The van der Waals surface area contributed by atoms with Crippen molar-refractivity contribution < 1.29 is 0 Å². The molecule has 0 unspecified atom stereocenters. The third-order valence-corrected chi connectivity index (χ3v) is 2.13. The second-order valence-corrected chi connectivity index (χ2v) is 2.88. The lowest BCUT2D eigenvalue weighted by Crippen LogP contribution is -1.98. The highest BCUT2D eigenvalue weighted by molar-refractivity contribution is 9.08. The summed E-state index contributed by atoms with van der Waals surface area (Å²) in [5, 5.41) is 4.21. The molecule has 0 atom stereocenters. The van der Waals surface area contributed by atoms with Gasteiger partial charge in [-0.1, -0.05) is 34.1 Å². The smallest absolute Gasteiger partial charge is 0.0381 e. The van der Waals surface area contributed by atoms with Gasteiger partial charge in [0, 0.05) is 17.6 Å². The van der Waals surface area contributed by atoms with E-state index in [2.05, 4.69) is 46.4 Å². The average Bonchev–Trinajstić information content (AvgIpc) is 2.06. The van der Waals surface area contributed by atoms with E-state index in [0.29, 0.717) is 0 Å². The number of benzene rings is 1. The molecule has 0 aromatic heterocycles. The minimum absolute atomic E-state index is 0. The topological polar surface area (TPSA) is 12.0 Å². The van der Waals surface area contributed by atoms with Crippen LogP contribution in [0.4, 0.5) is 5.69 Å². The minimum Gasteiger partial charge on any atom is -0.385 e. The lowest BCUT2D eigenvalue weighted by molar-refractivity contribution is 1.20. The fourth-order valence-electron chi connectivity index (χ4n) is 1.000. The van der Waals surface area contributed by atoms with Gasteiger partial charge >= 0.3 is 0 Å². The predicted octanol–water partition coefficient (Wildman–Crippen LogP) is 3.59. The standard InChI is InChI=1S/C9H12BrN.BrH/c1-2-11-9-6-4-3-5-8(9)7-10;/h3-6,11H,2,7H2,1H3;1H. The van der Waals surface area contributed by atoms with E-state index in [-0.39, 0.29) is 17.0 Å². The van der Waals surface area contributed by atoms with Gasteiger partial charge in [0.25, 0.3) is 0 Å². The van der Waals surface area contributed by atoms with Crippen LogP contribution in [0.2, 0.25) is 0 Å². The molecule has 0 fully saturated rings. The maximum Gasteiger partial charge on any atom is 0.0381 e. The molecule has 68 valence electrons. The first kappa shape index (κ1) is 12.0. The molecule has 1 aromatic carbocycles. The Kier molecular flexibility index (Phi) is 6.48. The normalized spacial score (nSPS) is 8.83. The van der Waals surface area contributed by atoms with Crippen LogP contribution in [0.3, 0.4) is 0 Å². The lowest BCUT2D eigenvalue weighted by Gasteiger charge is -2.06. The number of hydrogen-bond acceptors (Lipinski definition) is 1. The van der Waals surface area contributed by atoms with Crippen molar-refractivity contribution in [1.29, 1.82) is 0 Å². The van der Waals surface area contributed by atoms with E-state index in [1.807, 2.05) is 6.07 Å². The van der Waals surface area contributed by atoms with Crippen molar-refractivity contribution in [2.75, 3.05) is 11.9 Å². The molecule has 12 heavy (non-hydrogen) atoms. The number of nitrogens with one attached hydrogen (secondary N) is 1. The molecular formula is C9H13Br2N. The van der Waals surface area contributed by atoms with Gasteiger partial charge in [-0.25, -0.2) is 0 Å². The van der Waals surface area contributed by atoms with Gasteiger partial charge in [-0.15, -0.1) is 17.0 Å². The van der Waals surface area contributed by atoms with Crippen LogP contribution in [-0.2, 0) is 5.33 Å². The zero-order valence-electron chi connectivity index (χ0n) is 7.01. The highest BCUT2D eigenvalue weighted by Crippen LogP contribution is 2.16. The molecule has 0 aliphatic rings. The van der Waals surface area contributed by atoms with E-state index in [1.54, 1.807) is 0 Å². The van der Waals surface area contributed by atoms with Crippen LogP contribution in [0, 0.1) is 0 Å². The van der Waals surface area contributed by atoms with E-state index >= 15 is 0 Å².